The van der Waals surface area contributed by atoms with Crippen molar-refractivity contribution in [3.63, 3.8) is 0 Å². The summed E-state index contributed by atoms with van der Waals surface area (Å²) in [6.07, 6.45) is -0.935. The van der Waals surface area contributed by atoms with Crippen molar-refractivity contribution in [3.05, 3.63) is 70.5 Å². The molecule has 1 amide bonds. The van der Waals surface area contributed by atoms with Crippen LogP contribution in [0.4, 0.5) is 4.79 Å². The van der Waals surface area contributed by atoms with Crippen LogP contribution in [-0.2, 0) is 21.3 Å². The van der Waals surface area contributed by atoms with E-state index in [2.05, 4.69) is 11.2 Å². The summed E-state index contributed by atoms with van der Waals surface area (Å²) in [5, 5.41) is 13.9. The topological polar surface area (TPSA) is 105 Å². The SMILES string of the molecule is Cc1cc(-c2c(C)nn(Cc3ccc(S(=O)(=O)N(C)C(=O)OC(C)(C)C)cc3)c2C)ccc1C#N. The van der Waals surface area contributed by atoms with E-state index in [1.807, 2.05) is 43.7 Å². The molecule has 3 rings (SSSR count). The number of sulfonamides is 1. The third kappa shape index (κ3) is 5.54. The minimum absolute atomic E-state index is 0.00303. The van der Waals surface area contributed by atoms with Crippen LogP contribution in [0.25, 0.3) is 11.1 Å². The average Bonchev–Trinajstić information content (AvgIpc) is 3.05. The summed E-state index contributed by atoms with van der Waals surface area (Å²) in [5.41, 5.74) is 5.44. The number of amides is 1. The molecule has 0 spiro atoms. The van der Waals surface area contributed by atoms with Crippen molar-refractivity contribution < 1.29 is 17.9 Å². The molecule has 1 heterocycles. The molecule has 0 N–H and O–H groups in total. The zero-order valence-electron chi connectivity index (χ0n) is 21.1. The number of nitrogens with zero attached hydrogens (tertiary/aromatic N) is 4. The highest BCUT2D eigenvalue weighted by Crippen LogP contribution is 2.29. The number of benzene rings is 2. The summed E-state index contributed by atoms with van der Waals surface area (Å²) in [6.45, 7) is 11.3. The Morgan fingerprint density at radius 2 is 1.74 bits per heavy atom. The average molecular weight is 495 g/mol. The van der Waals surface area contributed by atoms with Gasteiger partial charge in [0.1, 0.15) is 5.60 Å². The minimum Gasteiger partial charge on any atom is -0.443 e. The molecule has 0 aliphatic carbocycles. The van der Waals surface area contributed by atoms with Crippen LogP contribution in [0.15, 0.2) is 47.4 Å². The first-order valence-electron chi connectivity index (χ1n) is 11.1. The highest BCUT2D eigenvalue weighted by molar-refractivity contribution is 7.89. The Kier molecular flexibility index (Phi) is 7.08. The molecule has 184 valence electrons. The number of carbonyl (C=O) groups is 1. The van der Waals surface area contributed by atoms with E-state index in [0.29, 0.717) is 16.4 Å². The largest absolute Gasteiger partial charge is 0.443 e. The Morgan fingerprint density at radius 3 is 2.29 bits per heavy atom. The van der Waals surface area contributed by atoms with Gasteiger partial charge in [0.25, 0.3) is 10.0 Å². The van der Waals surface area contributed by atoms with E-state index in [9.17, 15) is 18.5 Å². The molecule has 0 aliphatic rings. The zero-order valence-corrected chi connectivity index (χ0v) is 21.9. The molecule has 0 fully saturated rings. The van der Waals surface area contributed by atoms with Gasteiger partial charge in [-0.2, -0.15) is 10.4 Å². The summed E-state index contributed by atoms with van der Waals surface area (Å²) in [4.78, 5) is 12.2. The van der Waals surface area contributed by atoms with Gasteiger partial charge in [0.15, 0.2) is 0 Å². The highest BCUT2D eigenvalue weighted by Gasteiger charge is 2.29. The quantitative estimate of drug-likeness (QED) is 0.497. The molecule has 9 heteroatoms. The number of aromatic nitrogens is 2. The van der Waals surface area contributed by atoms with Crippen molar-refractivity contribution in [3.8, 4) is 17.2 Å². The lowest BCUT2D eigenvalue weighted by Gasteiger charge is -2.24. The maximum Gasteiger partial charge on any atom is 0.424 e. The normalized spacial score (nSPS) is 11.7. The summed E-state index contributed by atoms with van der Waals surface area (Å²) < 4.78 is 33.4. The number of carbonyl (C=O) groups excluding carboxylic acids is 1. The van der Waals surface area contributed by atoms with Crippen LogP contribution in [0, 0.1) is 32.1 Å². The Bertz CT molecular complexity index is 1410. The standard InChI is InChI=1S/C26H30N4O4S/c1-17-14-21(10-11-22(17)15-27)24-18(2)28-30(19(24)3)16-20-8-12-23(13-9-20)35(32,33)29(7)25(31)34-26(4,5)6/h8-14H,16H2,1-7H3. The summed E-state index contributed by atoms with van der Waals surface area (Å²) >= 11 is 0. The van der Waals surface area contributed by atoms with Crippen LogP contribution in [0.1, 0.15) is 48.8 Å². The fraction of sp³-hybridized carbons (Fsp3) is 0.346. The fourth-order valence-electron chi connectivity index (χ4n) is 3.74. The van der Waals surface area contributed by atoms with E-state index in [1.165, 1.54) is 19.2 Å². The van der Waals surface area contributed by atoms with Crippen LogP contribution >= 0.6 is 0 Å². The van der Waals surface area contributed by atoms with Gasteiger partial charge in [-0.25, -0.2) is 17.5 Å². The van der Waals surface area contributed by atoms with Crippen LogP contribution in [0.3, 0.4) is 0 Å². The predicted molar refractivity (Wildman–Crippen MR) is 133 cm³/mol. The molecule has 35 heavy (non-hydrogen) atoms. The monoisotopic (exact) mass is 494 g/mol. The molecule has 0 unspecified atom stereocenters. The second-order valence-corrected chi connectivity index (χ2v) is 11.4. The third-order valence-electron chi connectivity index (χ3n) is 5.58. The van der Waals surface area contributed by atoms with E-state index < -0.39 is 21.7 Å². The van der Waals surface area contributed by atoms with Crippen LogP contribution in [0.5, 0.6) is 0 Å². The molecule has 0 saturated carbocycles. The maximum absolute atomic E-state index is 12.8. The van der Waals surface area contributed by atoms with Crippen molar-refractivity contribution in [2.45, 2.75) is 58.6 Å². The van der Waals surface area contributed by atoms with Gasteiger partial charge in [-0.15, -0.1) is 0 Å². The zero-order chi connectivity index (χ0) is 26.1. The summed E-state index contributed by atoms with van der Waals surface area (Å²) in [7, 11) is -2.86. The Hall–Kier alpha value is -3.64. The number of nitriles is 1. The first kappa shape index (κ1) is 26.0. The molecule has 3 aromatic rings. The van der Waals surface area contributed by atoms with Gasteiger partial charge in [-0.3, -0.25) is 4.68 Å². The number of hydrogen-bond acceptors (Lipinski definition) is 6. The van der Waals surface area contributed by atoms with E-state index in [-0.39, 0.29) is 4.90 Å². The van der Waals surface area contributed by atoms with Gasteiger partial charge in [0.2, 0.25) is 0 Å². The molecule has 0 aliphatic heterocycles. The molecular formula is C26H30N4O4S. The van der Waals surface area contributed by atoms with Gasteiger partial charge < -0.3 is 4.74 Å². The highest BCUT2D eigenvalue weighted by atomic mass is 32.2. The molecule has 0 radical (unpaired) electrons. The van der Waals surface area contributed by atoms with Crippen LogP contribution < -0.4 is 0 Å². The molecule has 0 bridgehead atoms. The van der Waals surface area contributed by atoms with Gasteiger partial charge in [-0.1, -0.05) is 18.2 Å². The lowest BCUT2D eigenvalue weighted by Crippen LogP contribution is -2.38. The third-order valence-corrected chi connectivity index (χ3v) is 7.32. The maximum atomic E-state index is 12.8. The van der Waals surface area contributed by atoms with E-state index in [4.69, 9.17) is 4.74 Å². The second-order valence-electron chi connectivity index (χ2n) is 9.44. The number of aryl methyl sites for hydroxylation is 2. The van der Waals surface area contributed by atoms with Crippen molar-refractivity contribution in [2.75, 3.05) is 7.05 Å². The number of hydrogen-bond donors (Lipinski definition) is 0. The molecule has 0 atom stereocenters. The number of rotatable bonds is 5. The van der Waals surface area contributed by atoms with Crippen molar-refractivity contribution in [1.82, 2.24) is 14.1 Å². The van der Waals surface area contributed by atoms with Crippen molar-refractivity contribution >= 4 is 16.1 Å². The fourth-order valence-corrected chi connectivity index (χ4v) is 4.77. The molecule has 0 saturated heterocycles. The minimum atomic E-state index is -4.04. The Labute approximate surface area is 206 Å². The summed E-state index contributed by atoms with van der Waals surface area (Å²) in [6, 6.07) is 14.3. The first-order valence-corrected chi connectivity index (χ1v) is 12.5. The predicted octanol–water partition coefficient (Wildman–Crippen LogP) is 4.95. The van der Waals surface area contributed by atoms with E-state index in [0.717, 1.165) is 33.6 Å². The first-order chi connectivity index (χ1) is 16.2. The lowest BCUT2D eigenvalue weighted by atomic mass is 9.99. The van der Waals surface area contributed by atoms with Crippen LogP contribution in [-0.4, -0.2) is 41.2 Å². The molecule has 1 aromatic heterocycles. The summed E-state index contributed by atoms with van der Waals surface area (Å²) in [5.74, 6) is 0. The molecule has 2 aromatic carbocycles. The number of ether oxygens (including phenoxy) is 1. The van der Waals surface area contributed by atoms with Gasteiger partial charge in [0, 0.05) is 18.3 Å². The smallest absolute Gasteiger partial charge is 0.424 e. The molecular weight excluding hydrogens is 464 g/mol. The van der Waals surface area contributed by atoms with Gasteiger partial charge in [0.05, 0.1) is 28.8 Å². The van der Waals surface area contributed by atoms with E-state index >= 15 is 0 Å². The van der Waals surface area contributed by atoms with Crippen molar-refractivity contribution in [1.29, 1.82) is 5.26 Å². The van der Waals surface area contributed by atoms with Gasteiger partial charge >= 0.3 is 6.09 Å². The second kappa shape index (κ2) is 9.55. The Balaban J connectivity index is 1.83. The lowest BCUT2D eigenvalue weighted by molar-refractivity contribution is 0.0420. The van der Waals surface area contributed by atoms with Gasteiger partial charge in [-0.05, 0) is 82.5 Å². The van der Waals surface area contributed by atoms with Crippen LogP contribution in [0.2, 0.25) is 0 Å². The molecule has 8 nitrogen and oxygen atoms in total. The van der Waals surface area contributed by atoms with Crippen molar-refractivity contribution in [2.24, 2.45) is 0 Å². The van der Waals surface area contributed by atoms with E-state index in [1.54, 1.807) is 32.9 Å². The Morgan fingerprint density at radius 1 is 1.11 bits per heavy atom.